The Kier molecular flexibility index (Phi) is 4.84. The Morgan fingerprint density at radius 3 is 2.48 bits per heavy atom. The highest BCUT2D eigenvalue weighted by atomic mass is 19.1. The fourth-order valence-electron chi connectivity index (χ4n) is 2.93. The summed E-state index contributed by atoms with van der Waals surface area (Å²) in [5.74, 6) is 0.572. The molecular weight excluding hydrogens is 377 g/mol. The van der Waals surface area contributed by atoms with Gasteiger partial charge in [0.15, 0.2) is 17.2 Å². The van der Waals surface area contributed by atoms with Crippen LogP contribution in [0.1, 0.15) is 10.4 Å². The van der Waals surface area contributed by atoms with Crippen molar-refractivity contribution in [3.8, 4) is 28.6 Å². The van der Waals surface area contributed by atoms with E-state index in [1.165, 1.54) is 19.2 Å². The second kappa shape index (κ2) is 7.61. The van der Waals surface area contributed by atoms with Crippen LogP contribution in [0.3, 0.4) is 0 Å². The third-order valence-corrected chi connectivity index (χ3v) is 4.33. The summed E-state index contributed by atoms with van der Waals surface area (Å²) in [6, 6.07) is 16.1. The molecule has 0 fully saturated rings. The van der Waals surface area contributed by atoms with E-state index in [0.717, 1.165) is 0 Å². The molecule has 0 unspecified atom stereocenters. The number of fused-ring (bicyclic) bond motifs is 1. The molecule has 0 atom stereocenters. The number of H-pyrrole nitrogens is 1. The lowest BCUT2D eigenvalue weighted by molar-refractivity contribution is 0.0706. The lowest BCUT2D eigenvalue weighted by atomic mass is 10.1. The van der Waals surface area contributed by atoms with Crippen LogP contribution in [0.2, 0.25) is 0 Å². The molecule has 8 heteroatoms. The summed E-state index contributed by atoms with van der Waals surface area (Å²) in [4.78, 5) is 19.0. The van der Waals surface area contributed by atoms with E-state index in [1.54, 1.807) is 54.0 Å². The number of aromatic amines is 1. The number of rotatable bonds is 5. The van der Waals surface area contributed by atoms with Crippen molar-refractivity contribution in [2.45, 2.75) is 0 Å². The van der Waals surface area contributed by atoms with Crippen molar-refractivity contribution in [3.63, 3.8) is 0 Å². The van der Waals surface area contributed by atoms with Gasteiger partial charge in [-0.05, 0) is 30.3 Å². The van der Waals surface area contributed by atoms with Gasteiger partial charge in [-0.1, -0.05) is 24.3 Å². The first kappa shape index (κ1) is 18.5. The lowest BCUT2D eigenvalue weighted by Gasteiger charge is -2.10. The standard InChI is InChI=1S/C21H16FN3O4/c1-28-16-4-2-3-5-17(16)29-18-11-14(22)10-15-19(18)24-20(23-15)12-6-8-13(9-7-12)21(26)25-27/h2-11,27H,1H3,(H,23,24)(H,25,26). The molecule has 4 rings (SSSR count). The first-order valence-corrected chi connectivity index (χ1v) is 8.64. The topological polar surface area (TPSA) is 96.5 Å². The summed E-state index contributed by atoms with van der Waals surface area (Å²) in [6.45, 7) is 0. The first-order valence-electron chi connectivity index (χ1n) is 8.64. The van der Waals surface area contributed by atoms with Crippen molar-refractivity contribution >= 4 is 16.9 Å². The van der Waals surface area contributed by atoms with Gasteiger partial charge < -0.3 is 14.5 Å². The molecule has 3 aromatic carbocycles. The van der Waals surface area contributed by atoms with Crippen molar-refractivity contribution in [1.29, 1.82) is 0 Å². The Balaban J connectivity index is 1.74. The zero-order chi connectivity index (χ0) is 20.4. The molecule has 146 valence electrons. The van der Waals surface area contributed by atoms with Crippen molar-refractivity contribution in [3.05, 3.63) is 72.0 Å². The number of ether oxygens (including phenoxy) is 2. The van der Waals surface area contributed by atoms with Crippen LogP contribution in [-0.4, -0.2) is 28.2 Å². The minimum atomic E-state index is -0.615. The van der Waals surface area contributed by atoms with E-state index < -0.39 is 11.7 Å². The number of nitrogens with one attached hydrogen (secondary N) is 2. The Morgan fingerprint density at radius 2 is 1.79 bits per heavy atom. The molecule has 0 saturated carbocycles. The lowest BCUT2D eigenvalue weighted by Crippen LogP contribution is -2.18. The summed E-state index contributed by atoms with van der Waals surface area (Å²) in [5.41, 5.74) is 3.46. The van der Waals surface area contributed by atoms with Gasteiger partial charge in [0.05, 0.1) is 12.6 Å². The number of methoxy groups -OCH3 is 1. The zero-order valence-corrected chi connectivity index (χ0v) is 15.3. The van der Waals surface area contributed by atoms with E-state index in [-0.39, 0.29) is 5.75 Å². The second-order valence-corrected chi connectivity index (χ2v) is 6.16. The van der Waals surface area contributed by atoms with Crippen molar-refractivity contribution < 1.29 is 23.9 Å². The van der Waals surface area contributed by atoms with Gasteiger partial charge in [-0.25, -0.2) is 14.9 Å². The van der Waals surface area contributed by atoms with E-state index >= 15 is 0 Å². The molecule has 0 saturated heterocycles. The maximum atomic E-state index is 14.1. The Hall–Kier alpha value is -3.91. The molecule has 0 aliphatic heterocycles. The van der Waals surface area contributed by atoms with Gasteiger partial charge in [0.2, 0.25) is 0 Å². The van der Waals surface area contributed by atoms with Crippen LogP contribution in [0.15, 0.2) is 60.7 Å². The summed E-state index contributed by atoms with van der Waals surface area (Å²) >= 11 is 0. The molecule has 7 nitrogen and oxygen atoms in total. The Labute approximate surface area is 164 Å². The maximum Gasteiger partial charge on any atom is 0.274 e. The van der Waals surface area contributed by atoms with Crippen LogP contribution in [0.25, 0.3) is 22.4 Å². The van der Waals surface area contributed by atoms with Gasteiger partial charge in [-0.3, -0.25) is 10.0 Å². The minimum absolute atomic E-state index is 0.239. The van der Waals surface area contributed by atoms with Crippen LogP contribution >= 0.6 is 0 Å². The summed E-state index contributed by atoms with van der Waals surface area (Å²) in [7, 11) is 1.52. The minimum Gasteiger partial charge on any atom is -0.493 e. The number of carbonyl (C=O) groups is 1. The van der Waals surface area contributed by atoms with Crippen molar-refractivity contribution in [1.82, 2.24) is 15.4 Å². The predicted molar refractivity (Wildman–Crippen MR) is 104 cm³/mol. The molecule has 0 radical (unpaired) electrons. The number of amides is 1. The van der Waals surface area contributed by atoms with Crippen molar-refractivity contribution in [2.75, 3.05) is 7.11 Å². The average molecular weight is 393 g/mol. The van der Waals surface area contributed by atoms with Gasteiger partial charge in [-0.15, -0.1) is 0 Å². The van der Waals surface area contributed by atoms with Crippen LogP contribution in [0, 0.1) is 5.82 Å². The largest absolute Gasteiger partial charge is 0.493 e. The van der Waals surface area contributed by atoms with Crippen molar-refractivity contribution in [2.24, 2.45) is 0 Å². The summed E-state index contributed by atoms with van der Waals surface area (Å²) in [5, 5.41) is 8.71. The molecule has 0 aliphatic rings. The van der Waals surface area contributed by atoms with Crippen LogP contribution in [-0.2, 0) is 0 Å². The number of benzene rings is 3. The molecule has 1 aromatic heterocycles. The molecule has 4 aromatic rings. The highest BCUT2D eigenvalue weighted by molar-refractivity contribution is 5.94. The zero-order valence-electron chi connectivity index (χ0n) is 15.3. The van der Waals surface area contributed by atoms with E-state index in [2.05, 4.69) is 9.97 Å². The monoisotopic (exact) mass is 393 g/mol. The third-order valence-electron chi connectivity index (χ3n) is 4.33. The molecular formula is C21H16FN3O4. The molecule has 0 bridgehead atoms. The summed E-state index contributed by atoms with van der Waals surface area (Å²) < 4.78 is 25.3. The number of halogens is 1. The van der Waals surface area contributed by atoms with Gasteiger partial charge in [0.1, 0.15) is 17.2 Å². The van der Waals surface area contributed by atoms with Crippen LogP contribution in [0.4, 0.5) is 4.39 Å². The van der Waals surface area contributed by atoms with E-state index in [1.807, 2.05) is 0 Å². The van der Waals surface area contributed by atoms with Gasteiger partial charge >= 0.3 is 0 Å². The second-order valence-electron chi connectivity index (χ2n) is 6.16. The van der Waals surface area contributed by atoms with E-state index in [4.69, 9.17) is 14.7 Å². The van der Waals surface area contributed by atoms with Gasteiger partial charge in [0, 0.05) is 17.2 Å². The fourth-order valence-corrected chi connectivity index (χ4v) is 2.93. The molecule has 0 aliphatic carbocycles. The van der Waals surface area contributed by atoms with Crippen LogP contribution in [0.5, 0.6) is 17.2 Å². The quantitative estimate of drug-likeness (QED) is 0.347. The van der Waals surface area contributed by atoms with Gasteiger partial charge in [-0.2, -0.15) is 0 Å². The summed E-state index contributed by atoms with van der Waals surface area (Å²) in [6.07, 6.45) is 0. The highest BCUT2D eigenvalue weighted by Crippen LogP contribution is 2.35. The van der Waals surface area contributed by atoms with Crippen LogP contribution < -0.4 is 15.0 Å². The number of hydrogen-bond donors (Lipinski definition) is 3. The Bertz CT molecular complexity index is 1190. The number of hydroxylamine groups is 1. The Morgan fingerprint density at radius 1 is 1.07 bits per heavy atom. The smallest absolute Gasteiger partial charge is 0.274 e. The first-order chi connectivity index (χ1) is 14.1. The average Bonchev–Trinajstić information content (AvgIpc) is 3.18. The predicted octanol–water partition coefficient (Wildman–Crippen LogP) is 4.29. The number of imidazole rings is 1. The van der Waals surface area contributed by atoms with E-state index in [0.29, 0.717) is 39.5 Å². The normalized spacial score (nSPS) is 10.7. The number of hydrogen-bond acceptors (Lipinski definition) is 5. The number of carbonyl (C=O) groups excluding carboxylic acids is 1. The molecule has 3 N–H and O–H groups in total. The number of nitrogens with zero attached hydrogens (tertiary/aromatic N) is 1. The molecule has 1 heterocycles. The third kappa shape index (κ3) is 3.61. The fraction of sp³-hybridized carbons (Fsp3) is 0.0476. The molecule has 1 amide bonds. The number of para-hydroxylation sites is 2. The van der Waals surface area contributed by atoms with Gasteiger partial charge in [0.25, 0.3) is 5.91 Å². The molecule has 0 spiro atoms. The SMILES string of the molecule is COc1ccccc1Oc1cc(F)cc2[nH]c(-c3ccc(C(=O)NO)cc3)nc12. The highest BCUT2D eigenvalue weighted by Gasteiger charge is 2.15. The van der Waals surface area contributed by atoms with E-state index in [9.17, 15) is 9.18 Å². The maximum absolute atomic E-state index is 14.1. The molecule has 29 heavy (non-hydrogen) atoms. The number of aromatic nitrogens is 2.